The molecule has 3 aromatic rings. The average Bonchev–Trinajstić information content (AvgIpc) is 3.08. The molecule has 0 fully saturated rings. The molecule has 4 nitrogen and oxygen atoms in total. The summed E-state index contributed by atoms with van der Waals surface area (Å²) in [6.45, 7) is 2.17. The van der Waals surface area contributed by atoms with Gasteiger partial charge in [0.25, 0.3) is 5.22 Å². The number of hydrogen-bond donors (Lipinski definition) is 0. The number of rotatable bonds is 7. The number of nitrogens with zero attached hydrogens (tertiary/aromatic N) is 2. The Morgan fingerprint density at radius 1 is 1.16 bits per heavy atom. The van der Waals surface area contributed by atoms with Gasteiger partial charge in [-0.15, -0.1) is 10.2 Å². The molecule has 0 spiro atoms. The molecule has 130 valence electrons. The molecule has 0 aliphatic rings. The molecule has 0 aliphatic heterocycles. The number of ether oxygens (including phenoxy) is 1. The number of methoxy groups -OCH3 is 1. The molecule has 1 aromatic heterocycles. The summed E-state index contributed by atoms with van der Waals surface area (Å²) in [5.41, 5.74) is 2.35. The number of thioether (sulfide) groups is 1. The van der Waals surface area contributed by atoms with Crippen molar-refractivity contribution in [1.29, 1.82) is 0 Å². The quantitative estimate of drug-likeness (QED) is 0.475. The first kappa shape index (κ1) is 18.0. The van der Waals surface area contributed by atoms with Crippen LogP contribution in [0.15, 0.2) is 62.6 Å². The molecule has 25 heavy (non-hydrogen) atoms. The standard InChI is InChI=1S/C19H19BrN2O2S/c1-13(14-6-4-3-5-7-14)10-18-21-22-19(24-18)25-12-15-11-16(20)8-9-17(15)23-2/h3-9,11,13H,10,12H2,1-2H3. The Labute approximate surface area is 160 Å². The molecule has 0 saturated heterocycles. The maximum Gasteiger partial charge on any atom is 0.276 e. The van der Waals surface area contributed by atoms with Gasteiger partial charge in [0.05, 0.1) is 7.11 Å². The highest BCUT2D eigenvalue weighted by atomic mass is 79.9. The van der Waals surface area contributed by atoms with Gasteiger partial charge in [0, 0.05) is 22.2 Å². The highest BCUT2D eigenvalue weighted by Gasteiger charge is 2.13. The molecule has 0 radical (unpaired) electrons. The summed E-state index contributed by atoms with van der Waals surface area (Å²) in [6, 6.07) is 16.3. The summed E-state index contributed by atoms with van der Waals surface area (Å²) in [5, 5.41) is 8.91. The fourth-order valence-corrected chi connectivity index (χ4v) is 3.71. The van der Waals surface area contributed by atoms with E-state index in [1.807, 2.05) is 36.4 Å². The van der Waals surface area contributed by atoms with Gasteiger partial charge >= 0.3 is 0 Å². The van der Waals surface area contributed by atoms with Gasteiger partial charge in [0.2, 0.25) is 5.89 Å². The van der Waals surface area contributed by atoms with Crippen LogP contribution in [0.4, 0.5) is 0 Å². The van der Waals surface area contributed by atoms with Gasteiger partial charge < -0.3 is 9.15 Å². The van der Waals surface area contributed by atoms with E-state index in [1.165, 1.54) is 17.3 Å². The van der Waals surface area contributed by atoms with Crippen molar-refractivity contribution in [1.82, 2.24) is 10.2 Å². The molecule has 1 atom stereocenters. The van der Waals surface area contributed by atoms with Crippen molar-refractivity contribution >= 4 is 27.7 Å². The van der Waals surface area contributed by atoms with Crippen LogP contribution in [0.1, 0.15) is 29.9 Å². The third-order valence-corrected chi connectivity index (χ3v) is 5.25. The minimum Gasteiger partial charge on any atom is -0.496 e. The minimum atomic E-state index is 0.338. The van der Waals surface area contributed by atoms with E-state index in [1.54, 1.807) is 7.11 Å². The van der Waals surface area contributed by atoms with E-state index in [0.29, 0.717) is 22.8 Å². The third-order valence-electron chi connectivity index (χ3n) is 3.89. The predicted octanol–water partition coefficient (Wildman–Crippen LogP) is 5.48. The molecule has 0 saturated carbocycles. The van der Waals surface area contributed by atoms with Crippen LogP contribution < -0.4 is 4.74 Å². The van der Waals surface area contributed by atoms with Crippen LogP contribution in [0, 0.1) is 0 Å². The van der Waals surface area contributed by atoms with Crippen LogP contribution in [-0.2, 0) is 12.2 Å². The highest BCUT2D eigenvalue weighted by molar-refractivity contribution is 9.10. The lowest BCUT2D eigenvalue weighted by atomic mass is 9.98. The molecule has 0 bridgehead atoms. The van der Waals surface area contributed by atoms with E-state index in [-0.39, 0.29) is 0 Å². The number of aromatic nitrogens is 2. The molecule has 0 N–H and O–H groups in total. The zero-order valence-electron chi connectivity index (χ0n) is 14.1. The lowest BCUT2D eigenvalue weighted by Crippen LogP contribution is -1.98. The van der Waals surface area contributed by atoms with E-state index in [4.69, 9.17) is 9.15 Å². The summed E-state index contributed by atoms with van der Waals surface area (Å²) >= 11 is 5.00. The zero-order chi connectivity index (χ0) is 17.6. The van der Waals surface area contributed by atoms with E-state index in [9.17, 15) is 0 Å². The van der Waals surface area contributed by atoms with Crippen LogP contribution >= 0.6 is 27.7 Å². The predicted molar refractivity (Wildman–Crippen MR) is 103 cm³/mol. The number of hydrogen-bond acceptors (Lipinski definition) is 5. The fourth-order valence-electron chi connectivity index (χ4n) is 2.54. The second kappa shape index (κ2) is 8.54. The first-order chi connectivity index (χ1) is 12.2. The first-order valence-electron chi connectivity index (χ1n) is 7.98. The van der Waals surface area contributed by atoms with Crippen LogP contribution in [-0.4, -0.2) is 17.3 Å². The van der Waals surface area contributed by atoms with Crippen molar-refractivity contribution in [3.05, 3.63) is 70.0 Å². The van der Waals surface area contributed by atoms with Crippen LogP contribution in [0.25, 0.3) is 0 Å². The van der Waals surface area contributed by atoms with E-state index in [2.05, 4.69) is 45.2 Å². The van der Waals surface area contributed by atoms with E-state index >= 15 is 0 Å². The molecule has 2 aromatic carbocycles. The Kier molecular flexibility index (Phi) is 6.15. The highest BCUT2D eigenvalue weighted by Crippen LogP contribution is 2.30. The molecular formula is C19H19BrN2O2S. The molecule has 1 unspecified atom stereocenters. The first-order valence-corrected chi connectivity index (χ1v) is 9.76. The second-order valence-electron chi connectivity index (χ2n) is 5.72. The van der Waals surface area contributed by atoms with Gasteiger partial charge in [-0.3, -0.25) is 0 Å². The van der Waals surface area contributed by atoms with Crippen molar-refractivity contribution in [3.63, 3.8) is 0 Å². The SMILES string of the molecule is COc1ccc(Br)cc1CSc1nnc(CC(C)c2ccccc2)o1. The van der Waals surface area contributed by atoms with Gasteiger partial charge in [-0.05, 0) is 29.7 Å². The maximum absolute atomic E-state index is 5.79. The van der Waals surface area contributed by atoms with Crippen molar-refractivity contribution in [2.45, 2.75) is 30.2 Å². The molecule has 0 amide bonds. The Hall–Kier alpha value is -1.79. The number of halogens is 1. The van der Waals surface area contributed by atoms with Crippen molar-refractivity contribution in [2.75, 3.05) is 7.11 Å². The summed E-state index contributed by atoms with van der Waals surface area (Å²) < 4.78 is 12.2. The van der Waals surface area contributed by atoms with Crippen molar-refractivity contribution < 1.29 is 9.15 Å². The number of benzene rings is 2. The Morgan fingerprint density at radius 3 is 2.72 bits per heavy atom. The summed E-state index contributed by atoms with van der Waals surface area (Å²) in [6.07, 6.45) is 0.734. The van der Waals surface area contributed by atoms with Gasteiger partial charge in [-0.2, -0.15) is 0 Å². The second-order valence-corrected chi connectivity index (χ2v) is 7.56. The molecule has 3 rings (SSSR count). The van der Waals surface area contributed by atoms with E-state index < -0.39 is 0 Å². The van der Waals surface area contributed by atoms with Crippen molar-refractivity contribution in [3.8, 4) is 5.75 Å². The normalized spacial score (nSPS) is 12.1. The summed E-state index contributed by atoms with van der Waals surface area (Å²) in [5.74, 6) is 2.57. The topological polar surface area (TPSA) is 48.2 Å². The third kappa shape index (κ3) is 4.86. The average molecular weight is 419 g/mol. The van der Waals surface area contributed by atoms with Gasteiger partial charge in [-0.1, -0.05) is 64.9 Å². The fraction of sp³-hybridized carbons (Fsp3) is 0.263. The molecule has 0 aliphatic carbocycles. The largest absolute Gasteiger partial charge is 0.496 e. The van der Waals surface area contributed by atoms with E-state index in [0.717, 1.165) is 22.2 Å². The molecular weight excluding hydrogens is 400 g/mol. The van der Waals surface area contributed by atoms with Crippen LogP contribution in [0.2, 0.25) is 0 Å². The van der Waals surface area contributed by atoms with Crippen LogP contribution in [0.5, 0.6) is 5.75 Å². The zero-order valence-corrected chi connectivity index (χ0v) is 16.5. The molecule has 1 heterocycles. The lowest BCUT2D eigenvalue weighted by Gasteiger charge is -2.08. The Bertz CT molecular complexity index is 823. The molecule has 6 heteroatoms. The summed E-state index contributed by atoms with van der Waals surface area (Å²) in [7, 11) is 1.67. The van der Waals surface area contributed by atoms with Gasteiger partial charge in [0.15, 0.2) is 0 Å². The Balaban J connectivity index is 1.61. The van der Waals surface area contributed by atoms with Gasteiger partial charge in [0.1, 0.15) is 5.75 Å². The minimum absolute atomic E-state index is 0.338. The lowest BCUT2D eigenvalue weighted by molar-refractivity contribution is 0.404. The summed E-state index contributed by atoms with van der Waals surface area (Å²) in [4.78, 5) is 0. The maximum atomic E-state index is 5.79. The van der Waals surface area contributed by atoms with Gasteiger partial charge in [-0.25, -0.2) is 0 Å². The van der Waals surface area contributed by atoms with Crippen LogP contribution in [0.3, 0.4) is 0 Å². The Morgan fingerprint density at radius 2 is 1.96 bits per heavy atom. The monoisotopic (exact) mass is 418 g/mol. The smallest absolute Gasteiger partial charge is 0.276 e. The van der Waals surface area contributed by atoms with Crippen molar-refractivity contribution in [2.24, 2.45) is 0 Å².